The van der Waals surface area contributed by atoms with Crippen molar-refractivity contribution in [3.63, 3.8) is 0 Å². The smallest absolute Gasteiger partial charge is 0.264 e. The normalized spacial score (nSPS) is 15.3. The molecule has 0 aromatic heterocycles. The number of ether oxygens (including phenoxy) is 1. The van der Waals surface area contributed by atoms with E-state index in [4.69, 9.17) is 16.3 Å². The molecule has 0 bridgehead atoms. The summed E-state index contributed by atoms with van der Waals surface area (Å²) < 4.78 is 33.5. The molecule has 34 heavy (non-hydrogen) atoms. The predicted molar refractivity (Wildman–Crippen MR) is 134 cm³/mol. The van der Waals surface area contributed by atoms with Crippen molar-refractivity contribution in [1.82, 2.24) is 5.32 Å². The number of nitrogens with one attached hydrogen (secondary N) is 1. The highest BCUT2D eigenvalue weighted by atomic mass is 35.5. The van der Waals surface area contributed by atoms with Crippen molar-refractivity contribution in [3.8, 4) is 5.75 Å². The number of sulfonamides is 1. The van der Waals surface area contributed by atoms with Crippen molar-refractivity contribution in [2.75, 3.05) is 18.0 Å². The fourth-order valence-corrected chi connectivity index (χ4v) is 5.74. The molecule has 1 amide bonds. The number of amides is 1. The summed E-state index contributed by atoms with van der Waals surface area (Å²) in [7, 11) is -2.36. The molecule has 0 fully saturated rings. The van der Waals surface area contributed by atoms with Gasteiger partial charge in [0.2, 0.25) is 5.91 Å². The van der Waals surface area contributed by atoms with Gasteiger partial charge < -0.3 is 10.1 Å². The van der Waals surface area contributed by atoms with E-state index >= 15 is 0 Å². The van der Waals surface area contributed by atoms with Crippen LogP contribution < -0.4 is 14.4 Å². The van der Waals surface area contributed by atoms with Crippen LogP contribution in [-0.2, 0) is 21.2 Å². The van der Waals surface area contributed by atoms with Crippen molar-refractivity contribution < 1.29 is 17.9 Å². The molecule has 1 unspecified atom stereocenters. The minimum absolute atomic E-state index is 0.0698. The molecule has 3 aromatic carbocycles. The van der Waals surface area contributed by atoms with Gasteiger partial charge in [-0.25, -0.2) is 8.42 Å². The maximum absolute atomic E-state index is 13.5. The average molecular weight is 499 g/mol. The molecule has 0 heterocycles. The second kappa shape index (κ2) is 10.1. The fraction of sp³-hybridized carbons (Fsp3) is 0.269. The lowest BCUT2D eigenvalue weighted by atomic mass is 9.87. The third-order valence-corrected chi connectivity index (χ3v) is 8.05. The number of fused-ring (bicyclic) bond motifs is 1. The average Bonchev–Trinajstić information content (AvgIpc) is 2.83. The number of aryl methyl sites for hydroxylation is 2. The van der Waals surface area contributed by atoms with E-state index < -0.39 is 10.0 Å². The molecular weight excluding hydrogens is 472 g/mol. The van der Waals surface area contributed by atoms with Gasteiger partial charge in [-0.05, 0) is 85.8 Å². The van der Waals surface area contributed by atoms with Gasteiger partial charge in [0.15, 0.2) is 0 Å². The van der Waals surface area contributed by atoms with Gasteiger partial charge >= 0.3 is 0 Å². The number of nitrogens with zero attached hydrogens (tertiary/aromatic N) is 1. The van der Waals surface area contributed by atoms with Crippen molar-refractivity contribution in [2.45, 2.75) is 37.1 Å². The highest BCUT2D eigenvalue weighted by Crippen LogP contribution is 2.32. The third kappa shape index (κ3) is 5.21. The summed E-state index contributed by atoms with van der Waals surface area (Å²) in [6.45, 7) is 1.58. The van der Waals surface area contributed by atoms with Crippen LogP contribution in [0.15, 0.2) is 71.6 Å². The zero-order valence-electron chi connectivity index (χ0n) is 19.1. The molecule has 8 heteroatoms. The first-order valence-electron chi connectivity index (χ1n) is 11.1. The van der Waals surface area contributed by atoms with Crippen LogP contribution in [0.4, 0.5) is 5.69 Å². The van der Waals surface area contributed by atoms with E-state index in [1.807, 2.05) is 37.3 Å². The number of halogens is 1. The van der Waals surface area contributed by atoms with Crippen molar-refractivity contribution in [2.24, 2.45) is 0 Å². The Hall–Kier alpha value is -3.03. The van der Waals surface area contributed by atoms with Crippen LogP contribution in [0.5, 0.6) is 5.75 Å². The Morgan fingerprint density at radius 3 is 2.47 bits per heavy atom. The van der Waals surface area contributed by atoms with E-state index in [-0.39, 0.29) is 23.4 Å². The first kappa shape index (κ1) is 24.1. The summed E-state index contributed by atoms with van der Waals surface area (Å²) in [6, 6.07) is 18.7. The molecule has 1 aliphatic rings. The first-order chi connectivity index (χ1) is 16.3. The van der Waals surface area contributed by atoms with Gasteiger partial charge in [0.1, 0.15) is 12.3 Å². The Morgan fingerprint density at radius 2 is 1.79 bits per heavy atom. The minimum Gasteiger partial charge on any atom is -0.497 e. The lowest BCUT2D eigenvalue weighted by Crippen LogP contribution is -2.42. The van der Waals surface area contributed by atoms with Crippen LogP contribution in [0, 0.1) is 6.92 Å². The second-order valence-corrected chi connectivity index (χ2v) is 10.7. The third-order valence-electron chi connectivity index (χ3n) is 6.01. The number of hydrogen-bond donors (Lipinski definition) is 1. The van der Waals surface area contributed by atoms with Crippen LogP contribution in [0.2, 0.25) is 5.02 Å². The summed E-state index contributed by atoms with van der Waals surface area (Å²) >= 11 is 5.95. The molecule has 0 radical (unpaired) electrons. The highest BCUT2D eigenvalue weighted by molar-refractivity contribution is 7.92. The number of rotatable bonds is 7. The lowest BCUT2D eigenvalue weighted by molar-refractivity contribution is -0.120. The van der Waals surface area contributed by atoms with Gasteiger partial charge in [-0.15, -0.1) is 0 Å². The first-order valence-corrected chi connectivity index (χ1v) is 12.9. The zero-order chi connectivity index (χ0) is 24.3. The van der Waals surface area contributed by atoms with E-state index in [1.54, 1.807) is 19.2 Å². The SMILES string of the molecule is COc1ccc2c(c1)CCCC2NC(=O)CN(c1ccc(C)cc1)S(=O)(=O)c1ccc(Cl)cc1. The molecule has 0 spiro atoms. The van der Waals surface area contributed by atoms with Gasteiger partial charge in [-0.1, -0.05) is 35.4 Å². The largest absolute Gasteiger partial charge is 0.497 e. The molecule has 3 aromatic rings. The molecule has 1 aliphatic carbocycles. The van der Waals surface area contributed by atoms with E-state index in [1.165, 1.54) is 24.3 Å². The summed E-state index contributed by atoms with van der Waals surface area (Å²) in [5.41, 5.74) is 3.60. The molecule has 0 saturated carbocycles. The predicted octanol–water partition coefficient (Wildman–Crippen LogP) is 5.05. The highest BCUT2D eigenvalue weighted by Gasteiger charge is 2.29. The quantitative estimate of drug-likeness (QED) is 0.494. The number of carbonyl (C=O) groups is 1. The standard InChI is InChI=1S/C26H27ClN2O4S/c1-18-6-10-21(11-7-18)29(34(31,32)23-13-8-20(27)9-14-23)17-26(30)28-25-5-3-4-19-16-22(33-2)12-15-24(19)25/h6-16,25H,3-5,17H2,1-2H3,(H,28,30). The summed E-state index contributed by atoms with van der Waals surface area (Å²) in [4.78, 5) is 13.2. The fourth-order valence-electron chi connectivity index (χ4n) is 4.20. The Balaban J connectivity index is 1.60. The molecule has 178 valence electrons. The van der Waals surface area contributed by atoms with Crippen LogP contribution in [0.1, 0.15) is 35.6 Å². The Kier molecular flexibility index (Phi) is 7.14. The monoisotopic (exact) mass is 498 g/mol. The maximum atomic E-state index is 13.5. The molecule has 6 nitrogen and oxygen atoms in total. The summed E-state index contributed by atoms with van der Waals surface area (Å²) in [5, 5.41) is 3.49. The van der Waals surface area contributed by atoms with Crippen molar-refractivity contribution >= 4 is 33.2 Å². The van der Waals surface area contributed by atoms with Crippen LogP contribution >= 0.6 is 11.6 Å². The molecule has 1 atom stereocenters. The van der Waals surface area contributed by atoms with E-state index in [2.05, 4.69) is 5.32 Å². The minimum atomic E-state index is -3.99. The maximum Gasteiger partial charge on any atom is 0.264 e. The topological polar surface area (TPSA) is 75.7 Å². The van der Waals surface area contributed by atoms with Gasteiger partial charge in [-0.3, -0.25) is 9.10 Å². The number of methoxy groups -OCH3 is 1. The molecule has 4 rings (SSSR count). The van der Waals surface area contributed by atoms with Gasteiger partial charge in [0.25, 0.3) is 10.0 Å². The Morgan fingerprint density at radius 1 is 1.09 bits per heavy atom. The van der Waals surface area contributed by atoms with Gasteiger partial charge in [-0.2, -0.15) is 0 Å². The van der Waals surface area contributed by atoms with Gasteiger partial charge in [0, 0.05) is 5.02 Å². The molecule has 0 saturated heterocycles. The Labute approximate surface area is 205 Å². The molecule has 0 aliphatic heterocycles. The van der Waals surface area contributed by atoms with Crippen LogP contribution in [0.3, 0.4) is 0 Å². The van der Waals surface area contributed by atoms with E-state index in [0.29, 0.717) is 10.7 Å². The van der Waals surface area contributed by atoms with Crippen molar-refractivity contribution in [1.29, 1.82) is 0 Å². The number of anilines is 1. The number of hydrogen-bond acceptors (Lipinski definition) is 4. The van der Waals surface area contributed by atoms with Crippen molar-refractivity contribution in [3.05, 3.63) is 88.4 Å². The number of carbonyl (C=O) groups excluding carboxylic acids is 1. The Bertz CT molecular complexity index is 1280. The van der Waals surface area contributed by atoms with Gasteiger partial charge in [0.05, 0.1) is 23.7 Å². The van der Waals surface area contributed by atoms with E-state index in [9.17, 15) is 13.2 Å². The summed E-state index contributed by atoms with van der Waals surface area (Å²) in [5.74, 6) is 0.414. The molecule has 1 N–H and O–H groups in total. The summed E-state index contributed by atoms with van der Waals surface area (Å²) in [6.07, 6.45) is 2.63. The van der Waals surface area contributed by atoms with Crippen LogP contribution in [-0.4, -0.2) is 28.0 Å². The second-order valence-electron chi connectivity index (χ2n) is 8.38. The van der Waals surface area contributed by atoms with Crippen LogP contribution in [0.25, 0.3) is 0 Å². The number of benzene rings is 3. The molecular formula is C26H27ClN2O4S. The zero-order valence-corrected chi connectivity index (χ0v) is 20.7. The lowest BCUT2D eigenvalue weighted by Gasteiger charge is -2.29. The van der Waals surface area contributed by atoms with E-state index in [0.717, 1.165) is 46.0 Å².